The third kappa shape index (κ3) is 2.32. The van der Waals surface area contributed by atoms with E-state index >= 15 is 0 Å². The van der Waals surface area contributed by atoms with E-state index in [9.17, 15) is 4.79 Å². The standard InChI is InChI=1S/C13H16O/c1-9(8-14)5-13-7-11(3)10(2)6-12(13)4/h5-8H,1-4H3. The van der Waals surface area contributed by atoms with Crippen LogP contribution in [0.25, 0.3) is 6.08 Å². The molecule has 0 aromatic heterocycles. The Kier molecular flexibility index (Phi) is 3.23. The Morgan fingerprint density at radius 2 is 1.64 bits per heavy atom. The van der Waals surface area contributed by atoms with Crippen molar-refractivity contribution in [1.82, 2.24) is 0 Å². The number of benzene rings is 1. The van der Waals surface area contributed by atoms with Crippen molar-refractivity contribution in [2.24, 2.45) is 0 Å². The molecule has 0 spiro atoms. The number of hydrogen-bond acceptors (Lipinski definition) is 1. The first-order valence-corrected chi connectivity index (χ1v) is 4.76. The molecule has 0 radical (unpaired) electrons. The average molecular weight is 188 g/mol. The zero-order valence-electron chi connectivity index (χ0n) is 9.22. The molecule has 14 heavy (non-hydrogen) atoms. The van der Waals surface area contributed by atoms with Gasteiger partial charge in [0.1, 0.15) is 6.29 Å². The van der Waals surface area contributed by atoms with E-state index in [0.29, 0.717) is 0 Å². The second-order valence-electron chi connectivity index (χ2n) is 3.80. The first-order chi connectivity index (χ1) is 6.54. The van der Waals surface area contributed by atoms with Gasteiger partial charge in [-0.15, -0.1) is 0 Å². The molecule has 1 rings (SSSR count). The summed E-state index contributed by atoms with van der Waals surface area (Å²) in [6, 6.07) is 4.27. The maximum atomic E-state index is 10.5. The highest BCUT2D eigenvalue weighted by Gasteiger charge is 1.99. The fourth-order valence-corrected chi connectivity index (χ4v) is 1.42. The van der Waals surface area contributed by atoms with Crippen LogP contribution in [0.2, 0.25) is 0 Å². The molecular formula is C13H16O. The summed E-state index contributed by atoms with van der Waals surface area (Å²) in [7, 11) is 0. The molecule has 0 N–H and O–H groups in total. The SMILES string of the molecule is CC(C=O)=Cc1cc(C)c(C)cc1C. The highest BCUT2D eigenvalue weighted by atomic mass is 16.1. The predicted octanol–water partition coefficient (Wildman–Crippen LogP) is 3.21. The Balaban J connectivity index is 3.23. The summed E-state index contributed by atoms with van der Waals surface area (Å²) in [6.07, 6.45) is 2.81. The first kappa shape index (κ1) is 10.7. The minimum atomic E-state index is 0.761. The van der Waals surface area contributed by atoms with E-state index in [-0.39, 0.29) is 0 Å². The van der Waals surface area contributed by atoms with E-state index < -0.39 is 0 Å². The summed E-state index contributed by atoms with van der Waals surface area (Å²) in [4.78, 5) is 10.5. The maximum absolute atomic E-state index is 10.5. The van der Waals surface area contributed by atoms with Gasteiger partial charge >= 0.3 is 0 Å². The normalized spacial score (nSPS) is 11.6. The number of hydrogen-bond donors (Lipinski definition) is 0. The van der Waals surface area contributed by atoms with Crippen LogP contribution in [0.4, 0.5) is 0 Å². The van der Waals surface area contributed by atoms with E-state index in [2.05, 4.69) is 32.9 Å². The molecular weight excluding hydrogens is 172 g/mol. The Labute approximate surface area is 85.5 Å². The number of aldehydes is 1. The fraction of sp³-hybridized carbons (Fsp3) is 0.308. The largest absolute Gasteiger partial charge is 0.298 e. The lowest BCUT2D eigenvalue weighted by Crippen LogP contribution is -1.88. The van der Waals surface area contributed by atoms with Crippen LogP contribution < -0.4 is 0 Å². The van der Waals surface area contributed by atoms with Gasteiger partial charge in [-0.05, 0) is 61.6 Å². The van der Waals surface area contributed by atoms with Crippen molar-refractivity contribution < 1.29 is 4.79 Å². The summed E-state index contributed by atoms with van der Waals surface area (Å²) < 4.78 is 0. The molecule has 0 fully saturated rings. The second-order valence-corrected chi connectivity index (χ2v) is 3.80. The van der Waals surface area contributed by atoms with E-state index in [0.717, 1.165) is 17.4 Å². The molecule has 1 heteroatoms. The molecule has 0 aliphatic carbocycles. The van der Waals surface area contributed by atoms with Gasteiger partial charge in [-0.1, -0.05) is 12.1 Å². The number of allylic oxidation sites excluding steroid dienone is 1. The van der Waals surface area contributed by atoms with Gasteiger partial charge in [-0.2, -0.15) is 0 Å². The van der Waals surface area contributed by atoms with Crippen molar-refractivity contribution >= 4 is 12.4 Å². The average Bonchev–Trinajstić information content (AvgIpc) is 2.14. The number of rotatable bonds is 2. The molecule has 0 saturated carbocycles. The zero-order chi connectivity index (χ0) is 10.7. The van der Waals surface area contributed by atoms with Crippen molar-refractivity contribution in [3.05, 3.63) is 40.0 Å². The molecule has 1 aromatic carbocycles. The Morgan fingerprint density at radius 3 is 2.21 bits per heavy atom. The van der Waals surface area contributed by atoms with Gasteiger partial charge in [0.05, 0.1) is 0 Å². The van der Waals surface area contributed by atoms with Crippen LogP contribution >= 0.6 is 0 Å². The van der Waals surface area contributed by atoms with Gasteiger partial charge in [0.15, 0.2) is 0 Å². The van der Waals surface area contributed by atoms with Crippen molar-refractivity contribution in [2.45, 2.75) is 27.7 Å². The zero-order valence-corrected chi connectivity index (χ0v) is 9.22. The van der Waals surface area contributed by atoms with Crippen LogP contribution in [-0.2, 0) is 4.79 Å². The molecule has 0 saturated heterocycles. The predicted molar refractivity (Wildman–Crippen MR) is 60.4 cm³/mol. The van der Waals surface area contributed by atoms with Crippen LogP contribution in [0.5, 0.6) is 0 Å². The monoisotopic (exact) mass is 188 g/mol. The number of aryl methyl sites for hydroxylation is 3. The smallest absolute Gasteiger partial charge is 0.145 e. The highest BCUT2D eigenvalue weighted by molar-refractivity contribution is 5.81. The molecule has 1 nitrogen and oxygen atoms in total. The molecule has 1 aromatic rings. The summed E-state index contributed by atoms with van der Waals surface area (Å²) in [5.74, 6) is 0. The van der Waals surface area contributed by atoms with E-state index in [1.54, 1.807) is 0 Å². The molecule has 74 valence electrons. The minimum absolute atomic E-state index is 0.761. The Morgan fingerprint density at radius 1 is 1.07 bits per heavy atom. The molecule has 0 amide bonds. The van der Waals surface area contributed by atoms with E-state index in [1.807, 2.05) is 13.0 Å². The maximum Gasteiger partial charge on any atom is 0.145 e. The van der Waals surface area contributed by atoms with Crippen molar-refractivity contribution in [3.8, 4) is 0 Å². The first-order valence-electron chi connectivity index (χ1n) is 4.76. The van der Waals surface area contributed by atoms with Gasteiger partial charge in [0.2, 0.25) is 0 Å². The van der Waals surface area contributed by atoms with Gasteiger partial charge in [-0.3, -0.25) is 4.79 Å². The van der Waals surface area contributed by atoms with Crippen LogP contribution in [-0.4, -0.2) is 6.29 Å². The van der Waals surface area contributed by atoms with Gasteiger partial charge < -0.3 is 0 Å². The highest BCUT2D eigenvalue weighted by Crippen LogP contribution is 2.17. The van der Waals surface area contributed by atoms with Crippen molar-refractivity contribution in [1.29, 1.82) is 0 Å². The van der Waals surface area contributed by atoms with Crippen LogP contribution in [0.3, 0.4) is 0 Å². The molecule has 0 unspecified atom stereocenters. The molecule has 0 atom stereocenters. The lowest BCUT2D eigenvalue weighted by atomic mass is 9.99. The summed E-state index contributed by atoms with van der Waals surface area (Å²) >= 11 is 0. The van der Waals surface area contributed by atoms with Gasteiger partial charge in [0, 0.05) is 0 Å². The van der Waals surface area contributed by atoms with Crippen molar-refractivity contribution in [3.63, 3.8) is 0 Å². The summed E-state index contributed by atoms with van der Waals surface area (Å²) in [5.41, 5.74) is 5.67. The van der Waals surface area contributed by atoms with Gasteiger partial charge in [-0.25, -0.2) is 0 Å². The molecule has 0 bridgehead atoms. The molecule has 0 aliphatic rings. The lowest BCUT2D eigenvalue weighted by Gasteiger charge is -2.06. The van der Waals surface area contributed by atoms with Crippen LogP contribution in [0.1, 0.15) is 29.2 Å². The van der Waals surface area contributed by atoms with E-state index in [1.165, 1.54) is 16.7 Å². The van der Waals surface area contributed by atoms with Crippen LogP contribution in [0.15, 0.2) is 17.7 Å². The number of carbonyl (C=O) groups is 1. The third-order valence-electron chi connectivity index (χ3n) is 2.45. The quantitative estimate of drug-likeness (QED) is 0.514. The second kappa shape index (κ2) is 4.23. The lowest BCUT2D eigenvalue weighted by molar-refractivity contribution is -0.104. The summed E-state index contributed by atoms with van der Waals surface area (Å²) in [6.45, 7) is 8.07. The van der Waals surface area contributed by atoms with Crippen molar-refractivity contribution in [2.75, 3.05) is 0 Å². The summed E-state index contributed by atoms with van der Waals surface area (Å²) in [5, 5.41) is 0. The topological polar surface area (TPSA) is 17.1 Å². The minimum Gasteiger partial charge on any atom is -0.298 e. The molecule has 0 aliphatic heterocycles. The Hall–Kier alpha value is -1.37. The fourth-order valence-electron chi connectivity index (χ4n) is 1.42. The van der Waals surface area contributed by atoms with Crippen LogP contribution in [0, 0.1) is 20.8 Å². The van der Waals surface area contributed by atoms with Gasteiger partial charge in [0.25, 0.3) is 0 Å². The Bertz CT molecular complexity index is 386. The molecule has 0 heterocycles. The van der Waals surface area contributed by atoms with E-state index in [4.69, 9.17) is 0 Å². The number of carbonyl (C=O) groups excluding carboxylic acids is 1. The third-order valence-corrected chi connectivity index (χ3v) is 2.45.